The number of hydrogen-bond donors (Lipinski definition) is 0. The van der Waals surface area contributed by atoms with Crippen LogP contribution in [0, 0.1) is 5.92 Å². The third-order valence-electron chi connectivity index (χ3n) is 4.23. The van der Waals surface area contributed by atoms with Crippen molar-refractivity contribution < 1.29 is 14.3 Å². The zero-order valence-electron chi connectivity index (χ0n) is 14.3. The van der Waals surface area contributed by atoms with Crippen molar-refractivity contribution in [3.05, 3.63) is 23.9 Å². The fraction of sp³-hybridized carbons (Fsp3) is 0.647. The van der Waals surface area contributed by atoms with E-state index in [1.165, 1.54) is 0 Å². The molecule has 2 heterocycles. The van der Waals surface area contributed by atoms with Gasteiger partial charge in [0.1, 0.15) is 5.82 Å². The number of anilines is 1. The van der Waals surface area contributed by atoms with Gasteiger partial charge in [-0.25, -0.2) is 4.98 Å². The molecule has 0 spiro atoms. The quantitative estimate of drug-likeness (QED) is 0.764. The summed E-state index contributed by atoms with van der Waals surface area (Å²) in [6.07, 6.45) is 3.82. The molecular weight excluding hydrogens is 294 g/mol. The zero-order chi connectivity index (χ0) is 16.7. The summed E-state index contributed by atoms with van der Waals surface area (Å²) in [5.74, 6) is 1.34. The number of rotatable bonds is 7. The van der Waals surface area contributed by atoms with Crippen molar-refractivity contribution in [2.75, 3.05) is 59.0 Å². The topological polar surface area (TPSA) is 54.9 Å². The summed E-state index contributed by atoms with van der Waals surface area (Å²) in [6.45, 7) is 3.71. The number of ether oxygens (including phenoxy) is 2. The van der Waals surface area contributed by atoms with Crippen molar-refractivity contribution >= 4 is 11.7 Å². The van der Waals surface area contributed by atoms with E-state index >= 15 is 0 Å². The van der Waals surface area contributed by atoms with Crippen LogP contribution in [0.5, 0.6) is 0 Å². The van der Waals surface area contributed by atoms with E-state index in [2.05, 4.69) is 4.98 Å². The SMILES string of the molecule is COCCN(C)c1ccc(C(=O)N2CCCC(COC)C2)cn1. The smallest absolute Gasteiger partial charge is 0.255 e. The van der Waals surface area contributed by atoms with Gasteiger partial charge in [0.25, 0.3) is 5.91 Å². The average molecular weight is 321 g/mol. The van der Waals surface area contributed by atoms with Crippen LogP contribution in [-0.2, 0) is 9.47 Å². The molecule has 1 fully saturated rings. The molecule has 0 aromatic carbocycles. The standard InChI is InChI=1S/C17H27N3O3/c1-19(9-10-22-2)16-7-6-15(11-18-16)17(21)20-8-4-5-14(12-20)13-23-3/h6-7,11,14H,4-5,8-10,12-13H2,1-3H3. The molecule has 1 atom stereocenters. The maximum atomic E-state index is 12.6. The molecule has 1 aromatic rings. The highest BCUT2D eigenvalue weighted by Gasteiger charge is 2.24. The molecule has 0 bridgehead atoms. The van der Waals surface area contributed by atoms with Gasteiger partial charge in [0, 0.05) is 47.1 Å². The highest BCUT2D eigenvalue weighted by Crippen LogP contribution is 2.19. The first-order chi connectivity index (χ1) is 11.2. The van der Waals surface area contributed by atoms with Gasteiger partial charge < -0.3 is 19.3 Å². The van der Waals surface area contributed by atoms with E-state index in [1.807, 2.05) is 29.0 Å². The van der Waals surface area contributed by atoms with Gasteiger partial charge in [0.2, 0.25) is 0 Å². The van der Waals surface area contributed by atoms with E-state index in [0.29, 0.717) is 24.7 Å². The summed E-state index contributed by atoms with van der Waals surface area (Å²) < 4.78 is 10.3. The van der Waals surface area contributed by atoms with Crippen molar-refractivity contribution in [1.29, 1.82) is 0 Å². The van der Waals surface area contributed by atoms with Crippen LogP contribution in [0.1, 0.15) is 23.2 Å². The second kappa shape index (κ2) is 8.84. The van der Waals surface area contributed by atoms with E-state index in [9.17, 15) is 4.79 Å². The fourth-order valence-electron chi connectivity index (χ4n) is 2.88. The third kappa shape index (κ3) is 4.91. The Morgan fingerprint density at radius 1 is 1.39 bits per heavy atom. The number of nitrogens with zero attached hydrogens (tertiary/aromatic N) is 3. The Morgan fingerprint density at radius 2 is 2.22 bits per heavy atom. The second-order valence-electron chi connectivity index (χ2n) is 6.03. The number of amides is 1. The Labute approximate surface area is 138 Å². The second-order valence-corrected chi connectivity index (χ2v) is 6.03. The van der Waals surface area contributed by atoms with E-state index in [4.69, 9.17) is 9.47 Å². The summed E-state index contributed by atoms with van der Waals surface area (Å²) in [4.78, 5) is 20.9. The maximum absolute atomic E-state index is 12.6. The first kappa shape index (κ1) is 17.7. The molecule has 2 rings (SSSR count). The molecule has 1 aliphatic heterocycles. The normalized spacial score (nSPS) is 18.0. The number of piperidine rings is 1. The van der Waals surface area contributed by atoms with E-state index < -0.39 is 0 Å². The molecule has 128 valence electrons. The molecule has 23 heavy (non-hydrogen) atoms. The molecule has 1 unspecified atom stereocenters. The predicted molar refractivity (Wildman–Crippen MR) is 89.9 cm³/mol. The van der Waals surface area contributed by atoms with Crippen molar-refractivity contribution in [1.82, 2.24) is 9.88 Å². The first-order valence-corrected chi connectivity index (χ1v) is 8.10. The average Bonchev–Trinajstić information content (AvgIpc) is 2.59. The molecule has 1 amide bonds. The molecule has 0 radical (unpaired) electrons. The molecule has 6 nitrogen and oxygen atoms in total. The molecule has 0 aliphatic carbocycles. The molecule has 0 saturated carbocycles. The maximum Gasteiger partial charge on any atom is 0.255 e. The largest absolute Gasteiger partial charge is 0.384 e. The highest BCUT2D eigenvalue weighted by molar-refractivity contribution is 5.94. The highest BCUT2D eigenvalue weighted by atomic mass is 16.5. The number of carbonyl (C=O) groups excluding carboxylic acids is 1. The minimum absolute atomic E-state index is 0.0596. The van der Waals surface area contributed by atoms with Gasteiger partial charge in [-0.15, -0.1) is 0 Å². The van der Waals surface area contributed by atoms with Crippen LogP contribution < -0.4 is 4.90 Å². The lowest BCUT2D eigenvalue weighted by Gasteiger charge is -2.32. The van der Waals surface area contributed by atoms with Crippen LogP contribution in [0.2, 0.25) is 0 Å². The first-order valence-electron chi connectivity index (χ1n) is 8.10. The third-order valence-corrected chi connectivity index (χ3v) is 4.23. The minimum Gasteiger partial charge on any atom is -0.384 e. The van der Waals surface area contributed by atoms with Gasteiger partial charge in [-0.05, 0) is 30.9 Å². The Kier molecular flexibility index (Phi) is 6.80. The van der Waals surface area contributed by atoms with Crippen LogP contribution in [-0.4, -0.2) is 69.9 Å². The number of likely N-dealkylation sites (tertiary alicyclic amines) is 1. The summed E-state index contributed by atoms with van der Waals surface area (Å²) in [5.41, 5.74) is 0.645. The monoisotopic (exact) mass is 321 g/mol. The number of likely N-dealkylation sites (N-methyl/N-ethyl adjacent to an activating group) is 1. The number of methoxy groups -OCH3 is 2. The van der Waals surface area contributed by atoms with Gasteiger partial charge in [0.15, 0.2) is 0 Å². The number of pyridine rings is 1. The van der Waals surface area contributed by atoms with Gasteiger partial charge in [-0.1, -0.05) is 0 Å². The van der Waals surface area contributed by atoms with Crippen LogP contribution in [0.15, 0.2) is 18.3 Å². The summed E-state index contributed by atoms with van der Waals surface area (Å²) in [6, 6.07) is 3.74. The minimum atomic E-state index is 0.0596. The van der Waals surface area contributed by atoms with Crippen LogP contribution >= 0.6 is 0 Å². The van der Waals surface area contributed by atoms with Crippen molar-refractivity contribution in [2.24, 2.45) is 5.92 Å². The molecule has 0 N–H and O–H groups in total. The Balaban J connectivity index is 1.96. The molecule has 6 heteroatoms. The van der Waals surface area contributed by atoms with Crippen molar-refractivity contribution in [2.45, 2.75) is 12.8 Å². The van der Waals surface area contributed by atoms with Gasteiger partial charge in [-0.2, -0.15) is 0 Å². The molecular formula is C17H27N3O3. The summed E-state index contributed by atoms with van der Waals surface area (Å²) in [5, 5.41) is 0. The number of aromatic nitrogens is 1. The van der Waals surface area contributed by atoms with Crippen LogP contribution in [0.25, 0.3) is 0 Å². The lowest BCUT2D eigenvalue weighted by atomic mass is 9.98. The van der Waals surface area contributed by atoms with Gasteiger partial charge in [0.05, 0.1) is 18.8 Å². The number of hydrogen-bond acceptors (Lipinski definition) is 5. The summed E-state index contributed by atoms with van der Waals surface area (Å²) >= 11 is 0. The van der Waals surface area contributed by atoms with E-state index in [0.717, 1.165) is 38.3 Å². The van der Waals surface area contributed by atoms with Crippen LogP contribution in [0.3, 0.4) is 0 Å². The van der Waals surface area contributed by atoms with Crippen molar-refractivity contribution in [3.63, 3.8) is 0 Å². The Bertz CT molecular complexity index is 490. The fourth-order valence-corrected chi connectivity index (χ4v) is 2.88. The molecule has 1 saturated heterocycles. The lowest BCUT2D eigenvalue weighted by Crippen LogP contribution is -2.41. The molecule has 1 aromatic heterocycles. The lowest BCUT2D eigenvalue weighted by molar-refractivity contribution is 0.0570. The van der Waals surface area contributed by atoms with E-state index in [-0.39, 0.29) is 5.91 Å². The van der Waals surface area contributed by atoms with E-state index in [1.54, 1.807) is 20.4 Å². The predicted octanol–water partition coefficient (Wildman–Crippen LogP) is 1.66. The van der Waals surface area contributed by atoms with Gasteiger partial charge in [-0.3, -0.25) is 4.79 Å². The Morgan fingerprint density at radius 3 is 2.87 bits per heavy atom. The van der Waals surface area contributed by atoms with Gasteiger partial charge >= 0.3 is 0 Å². The van der Waals surface area contributed by atoms with Crippen LogP contribution in [0.4, 0.5) is 5.82 Å². The zero-order valence-corrected chi connectivity index (χ0v) is 14.3. The Hall–Kier alpha value is -1.66. The summed E-state index contributed by atoms with van der Waals surface area (Å²) in [7, 11) is 5.35. The molecule has 1 aliphatic rings. The number of carbonyl (C=O) groups is 1. The van der Waals surface area contributed by atoms with Crippen molar-refractivity contribution in [3.8, 4) is 0 Å².